The lowest BCUT2D eigenvalue weighted by molar-refractivity contribution is -0.393. The van der Waals surface area contributed by atoms with Crippen molar-refractivity contribution in [2.75, 3.05) is 11.1 Å². The molecular weight excluding hydrogens is 888 g/mol. The van der Waals surface area contributed by atoms with Crippen molar-refractivity contribution < 1.29 is 48.5 Å². The lowest BCUT2D eigenvalue weighted by Gasteiger charge is -2.24. The summed E-state index contributed by atoms with van der Waals surface area (Å²) in [6.45, 7) is 0. The first-order chi connectivity index (χ1) is 30.7. The number of aliphatic hydroxyl groups excluding tert-OH is 1. The Kier molecular flexibility index (Phi) is 18.5. The van der Waals surface area contributed by atoms with E-state index in [0.717, 1.165) is 0 Å². The van der Waals surface area contributed by atoms with E-state index in [1.807, 2.05) is 21.3 Å². The third-order valence-corrected chi connectivity index (χ3v) is 7.59. The summed E-state index contributed by atoms with van der Waals surface area (Å²) in [4.78, 5) is 126. The Morgan fingerprint density at radius 2 is 0.924 bits per heavy atom. The van der Waals surface area contributed by atoms with Crippen LogP contribution in [0.15, 0.2) is 62.4 Å². The lowest BCUT2D eigenvalue weighted by atomic mass is 10.1. The largest absolute Gasteiger partial charge is 0.393 e. The van der Waals surface area contributed by atoms with Crippen molar-refractivity contribution in [1.29, 1.82) is 0 Å². The topological polar surface area (TPSA) is 646 Å². The number of carbonyl (C=O) groups excluding carboxylic acids is 7. The predicted octanol–water partition coefficient (Wildman–Crippen LogP) is -10.6. The summed E-state index contributed by atoms with van der Waals surface area (Å²) in [5, 5.41) is 47.6. The van der Waals surface area contributed by atoms with E-state index in [1.54, 1.807) is 0 Å². The van der Waals surface area contributed by atoms with Crippen LogP contribution >= 0.6 is 0 Å². The number of nitrogens with zero attached hydrogens (tertiary/aromatic N) is 6. The Bertz CT molecular complexity index is 2330. The highest BCUT2D eigenvalue weighted by molar-refractivity contribution is 5.99. The smallest absolute Gasteiger partial charge is 0.299 e. The summed E-state index contributed by atoms with van der Waals surface area (Å²) in [5.74, 6) is -13.1. The van der Waals surface area contributed by atoms with Crippen molar-refractivity contribution in [2.45, 2.75) is 43.1 Å². The average Bonchev–Trinajstić information content (AvgIpc) is 3.20. The van der Waals surface area contributed by atoms with Crippen LogP contribution in [0.4, 0.5) is 22.7 Å². The molecule has 0 aliphatic heterocycles. The number of nitrogens with two attached hydrogens (primary N) is 11. The molecule has 2 aromatic carbocycles. The average molecular weight is 933 g/mol. The molecule has 0 aliphatic carbocycles. The Hall–Kier alpha value is -9.87. The van der Waals surface area contributed by atoms with Gasteiger partial charge in [-0.05, 0) is 11.6 Å². The number of benzene rings is 2. The fourth-order valence-electron chi connectivity index (χ4n) is 4.78. The summed E-state index contributed by atoms with van der Waals surface area (Å²) >= 11 is 0. The van der Waals surface area contributed by atoms with Crippen LogP contribution in [-0.4, -0.2) is 117 Å². The summed E-state index contributed by atoms with van der Waals surface area (Å²) in [7, 11) is 0. The SMILES string of the molecule is NC(=O)C(N)NC(=O)C(N=C(N)N)NC(=O)C(N=C(N)N)NC(=O)C(N=C(N)N)NC(=O)C(N=C(N)N)NC(=O)C(NC(=O)C(O)Nc1cc(N)c([N+](=O)[O-])cc1[N+](=O)[O-])c1ccccc1. The number of hydrogen-bond donors (Lipinski definition) is 19. The molecular formula is C30H44N24O12. The van der Waals surface area contributed by atoms with E-state index in [2.05, 4.69) is 35.9 Å². The monoisotopic (exact) mass is 932 g/mol. The summed E-state index contributed by atoms with van der Waals surface area (Å²) in [6.07, 6.45) is -13.0. The van der Waals surface area contributed by atoms with Crippen molar-refractivity contribution in [3.63, 3.8) is 0 Å². The zero-order chi connectivity index (χ0) is 50.2. The van der Waals surface area contributed by atoms with Gasteiger partial charge < -0.3 is 105 Å². The number of amides is 7. The predicted molar refractivity (Wildman–Crippen MR) is 227 cm³/mol. The number of rotatable bonds is 22. The van der Waals surface area contributed by atoms with Crippen LogP contribution < -0.4 is 100 Å². The molecule has 0 radical (unpaired) electrons. The number of nitro benzene ring substituents is 2. The van der Waals surface area contributed by atoms with E-state index in [9.17, 15) is 58.9 Å². The van der Waals surface area contributed by atoms with Crippen LogP contribution in [-0.2, 0) is 33.6 Å². The zero-order valence-corrected chi connectivity index (χ0v) is 33.6. The minimum absolute atomic E-state index is 0.0259. The first-order valence-corrected chi connectivity index (χ1v) is 17.7. The number of guanidine groups is 4. The van der Waals surface area contributed by atoms with Crippen molar-refractivity contribution in [3.8, 4) is 0 Å². The summed E-state index contributed by atoms with van der Waals surface area (Å²) in [5.41, 5.74) is 56.3. The number of aliphatic hydroxyl groups is 1. The van der Waals surface area contributed by atoms with Crippen LogP contribution in [0, 0.1) is 20.2 Å². The van der Waals surface area contributed by atoms with Gasteiger partial charge in [-0.1, -0.05) is 30.3 Å². The number of aliphatic imine (C=N–C) groups is 4. The van der Waals surface area contributed by atoms with Gasteiger partial charge in [0.1, 0.15) is 17.4 Å². The van der Waals surface area contributed by atoms with E-state index < -0.39 is 141 Å². The number of nitro groups is 2. The first-order valence-electron chi connectivity index (χ1n) is 17.7. The van der Waals surface area contributed by atoms with Gasteiger partial charge >= 0.3 is 0 Å². The fraction of sp³-hybridized carbons (Fsp3) is 0.233. The third kappa shape index (κ3) is 15.9. The van der Waals surface area contributed by atoms with Gasteiger partial charge in [-0.15, -0.1) is 0 Å². The van der Waals surface area contributed by atoms with Gasteiger partial charge in [-0.2, -0.15) is 0 Å². The molecule has 0 saturated heterocycles. The molecule has 0 saturated carbocycles. The van der Waals surface area contributed by atoms with Gasteiger partial charge in [-0.25, -0.2) is 20.0 Å². The van der Waals surface area contributed by atoms with Gasteiger partial charge in [0.15, 0.2) is 30.0 Å². The molecule has 7 atom stereocenters. The second-order valence-electron chi connectivity index (χ2n) is 12.6. The molecule has 0 bridgehead atoms. The minimum atomic E-state index is -2.42. The van der Waals surface area contributed by atoms with Crippen LogP contribution in [0.3, 0.4) is 0 Å². The molecule has 0 fully saturated rings. The normalized spacial score (nSPS) is 13.5. The second kappa shape index (κ2) is 23.4. The quantitative estimate of drug-likeness (QED) is 0.0130. The Balaban J connectivity index is 2.45. The Morgan fingerprint density at radius 1 is 0.545 bits per heavy atom. The zero-order valence-electron chi connectivity index (χ0n) is 33.6. The summed E-state index contributed by atoms with van der Waals surface area (Å²) < 4.78 is 0. The molecule has 0 aliphatic rings. The van der Waals surface area contributed by atoms with Crippen LogP contribution in [0.1, 0.15) is 11.6 Å². The van der Waals surface area contributed by atoms with Crippen molar-refractivity contribution in [3.05, 3.63) is 68.3 Å². The van der Waals surface area contributed by atoms with E-state index in [1.165, 1.54) is 30.3 Å². The Morgan fingerprint density at radius 3 is 1.29 bits per heavy atom. The number of primary amides is 1. The molecule has 7 unspecified atom stereocenters. The molecule has 66 heavy (non-hydrogen) atoms. The first kappa shape index (κ1) is 52.3. The number of nitrogen functional groups attached to an aromatic ring is 1. The molecule has 7 amide bonds. The van der Waals surface area contributed by atoms with Gasteiger partial charge in [-0.3, -0.25) is 53.8 Å². The van der Waals surface area contributed by atoms with E-state index in [0.29, 0.717) is 12.1 Å². The van der Waals surface area contributed by atoms with E-state index >= 15 is 0 Å². The molecule has 0 spiro atoms. The van der Waals surface area contributed by atoms with Gasteiger partial charge in [0, 0.05) is 0 Å². The van der Waals surface area contributed by atoms with Crippen LogP contribution in [0.25, 0.3) is 0 Å². The molecule has 356 valence electrons. The maximum Gasteiger partial charge on any atom is 0.299 e. The molecule has 36 heteroatoms. The van der Waals surface area contributed by atoms with Crippen molar-refractivity contribution in [1.82, 2.24) is 31.9 Å². The van der Waals surface area contributed by atoms with Crippen molar-refractivity contribution >= 4 is 87.9 Å². The molecule has 30 N–H and O–H groups in total. The maximum absolute atomic E-state index is 13.8. The molecule has 0 heterocycles. The van der Waals surface area contributed by atoms with Crippen molar-refractivity contribution in [2.24, 2.45) is 77.3 Å². The Labute approximate surface area is 367 Å². The van der Waals surface area contributed by atoms with E-state index in [4.69, 9.17) is 63.1 Å². The highest BCUT2D eigenvalue weighted by Gasteiger charge is 2.35. The number of hydrogen-bond acceptors (Lipinski definition) is 19. The standard InChI is InChI=1S/C30H44N24O12/c31-9-6-10(12(54(65)66)7-11(9)53(63)64)42-25(61)26(62)43-13(8-4-2-1-3-5-8)20(56)45-17(50-28(36)37)22(58)47-19(52-30(40)41)24(60)48-18(51-29(38)39)23(59)46-16(49-27(34)35)21(57)44-14(32)15(33)55/h1-7,13-14,16-19,25,42,61H,31-32H2,(H2,33,55)(H,43,62)(H,44,57)(H,45,56)(H,46,59)(H,47,58)(H,48,60)(H4,34,35,49)(H4,36,37,50)(H4,38,39,51)(H4,40,41,52). The fourth-order valence-corrected chi connectivity index (χ4v) is 4.78. The number of carbonyl (C=O) groups is 7. The van der Waals surface area contributed by atoms with Gasteiger partial charge in [0.25, 0.3) is 46.8 Å². The molecule has 2 rings (SSSR count). The highest BCUT2D eigenvalue weighted by Crippen LogP contribution is 2.34. The van der Waals surface area contributed by atoms with E-state index in [-0.39, 0.29) is 5.56 Å². The van der Waals surface area contributed by atoms with Crippen LogP contribution in [0.5, 0.6) is 0 Å². The van der Waals surface area contributed by atoms with Gasteiger partial charge in [0.2, 0.25) is 36.8 Å². The van der Waals surface area contributed by atoms with Gasteiger partial charge in [0.05, 0.1) is 15.9 Å². The third-order valence-electron chi connectivity index (χ3n) is 7.59. The minimum Gasteiger partial charge on any atom is -0.393 e. The maximum atomic E-state index is 13.8. The molecule has 2 aromatic rings. The molecule has 36 nitrogen and oxygen atoms in total. The number of nitrogens with one attached hydrogen (secondary N) is 7. The highest BCUT2D eigenvalue weighted by atomic mass is 16.6. The molecule has 0 aromatic heterocycles. The number of anilines is 2. The lowest BCUT2D eigenvalue weighted by Crippen LogP contribution is -2.60. The van der Waals surface area contributed by atoms with Crippen LogP contribution in [0.2, 0.25) is 0 Å². The second-order valence-corrected chi connectivity index (χ2v) is 12.6. The summed E-state index contributed by atoms with van der Waals surface area (Å²) in [6, 6.07) is 6.23.